The number of nitrogens with one attached hydrogen (secondary N) is 1. The van der Waals surface area contributed by atoms with Gasteiger partial charge in [0.15, 0.2) is 0 Å². The molecule has 0 aliphatic rings. The molecule has 0 saturated carbocycles. The number of rotatable bonds is 6. The number of anilines is 1. The van der Waals surface area contributed by atoms with Gasteiger partial charge in [0.2, 0.25) is 0 Å². The number of benzene rings is 3. The van der Waals surface area contributed by atoms with Gasteiger partial charge < -0.3 is 10.1 Å². The van der Waals surface area contributed by atoms with Crippen LogP contribution in [0.25, 0.3) is 0 Å². The van der Waals surface area contributed by atoms with E-state index in [1.807, 2.05) is 30.3 Å². The molecule has 0 atom stereocenters. The molecule has 0 radical (unpaired) electrons. The highest BCUT2D eigenvalue weighted by Gasteiger charge is 2.12. The van der Waals surface area contributed by atoms with Crippen molar-refractivity contribution in [3.8, 4) is 5.75 Å². The van der Waals surface area contributed by atoms with Crippen LogP contribution in [0.2, 0.25) is 5.02 Å². The molecule has 0 bridgehead atoms. The lowest BCUT2D eigenvalue weighted by atomic mass is 10.1. The Hall–Kier alpha value is -1.49. The highest BCUT2D eigenvalue weighted by atomic mass is 79.9. The minimum absolute atomic E-state index is 0.413. The van der Waals surface area contributed by atoms with Crippen LogP contribution in [0.15, 0.2) is 63.5 Å². The first kappa shape index (κ1) is 20.2. The molecule has 0 amide bonds. The smallest absolute Gasteiger partial charge is 0.139 e. The third kappa shape index (κ3) is 5.28. The standard InChI is InChI=1S/C22H20Br2ClNO/c1-14-7-8-21(15(2)9-14)26-12-17-10-18(23)11-19(24)22(17)27-13-16-5-3-4-6-20(16)25/h3-11,26H,12-13H2,1-2H3. The Morgan fingerprint density at radius 2 is 1.74 bits per heavy atom. The molecular formula is C22H20Br2ClNO. The lowest BCUT2D eigenvalue weighted by molar-refractivity contribution is 0.301. The van der Waals surface area contributed by atoms with Gasteiger partial charge >= 0.3 is 0 Å². The van der Waals surface area contributed by atoms with Gasteiger partial charge in [0.1, 0.15) is 12.4 Å². The van der Waals surface area contributed by atoms with E-state index in [0.717, 1.165) is 31.5 Å². The molecule has 2 nitrogen and oxygen atoms in total. The van der Waals surface area contributed by atoms with Crippen LogP contribution in [0.5, 0.6) is 5.75 Å². The van der Waals surface area contributed by atoms with Gasteiger partial charge in [-0.05, 0) is 59.6 Å². The summed E-state index contributed by atoms with van der Waals surface area (Å²) in [5.41, 5.74) is 5.62. The molecule has 0 aromatic heterocycles. The van der Waals surface area contributed by atoms with Gasteiger partial charge in [-0.3, -0.25) is 0 Å². The molecule has 0 saturated heterocycles. The van der Waals surface area contributed by atoms with Crippen molar-refractivity contribution in [3.63, 3.8) is 0 Å². The van der Waals surface area contributed by atoms with Crippen molar-refractivity contribution in [1.82, 2.24) is 0 Å². The summed E-state index contributed by atoms with van der Waals surface area (Å²) in [5, 5.41) is 4.22. The number of hydrogen-bond donors (Lipinski definition) is 1. The molecule has 0 spiro atoms. The minimum atomic E-state index is 0.413. The maximum atomic E-state index is 6.26. The first-order valence-corrected chi connectivity index (χ1v) is 10.6. The zero-order chi connectivity index (χ0) is 19.4. The maximum absolute atomic E-state index is 6.26. The first-order valence-electron chi connectivity index (χ1n) is 8.59. The van der Waals surface area contributed by atoms with E-state index in [4.69, 9.17) is 16.3 Å². The number of halogens is 3. The van der Waals surface area contributed by atoms with E-state index in [0.29, 0.717) is 18.2 Å². The summed E-state index contributed by atoms with van der Waals surface area (Å²) in [6.07, 6.45) is 0. The van der Waals surface area contributed by atoms with Gasteiger partial charge in [0.05, 0.1) is 4.47 Å². The Morgan fingerprint density at radius 3 is 2.48 bits per heavy atom. The van der Waals surface area contributed by atoms with Crippen LogP contribution in [0, 0.1) is 13.8 Å². The Balaban J connectivity index is 1.81. The van der Waals surface area contributed by atoms with E-state index in [2.05, 4.69) is 75.3 Å². The Labute approximate surface area is 182 Å². The fraction of sp³-hybridized carbons (Fsp3) is 0.182. The average molecular weight is 510 g/mol. The van der Waals surface area contributed by atoms with E-state index in [1.165, 1.54) is 11.1 Å². The molecule has 0 aliphatic heterocycles. The fourth-order valence-electron chi connectivity index (χ4n) is 2.87. The third-order valence-electron chi connectivity index (χ3n) is 4.27. The second-order valence-corrected chi connectivity index (χ2v) is 8.61. The van der Waals surface area contributed by atoms with E-state index in [-0.39, 0.29) is 0 Å². The maximum Gasteiger partial charge on any atom is 0.139 e. The zero-order valence-electron chi connectivity index (χ0n) is 15.2. The van der Waals surface area contributed by atoms with Crippen molar-refractivity contribution in [2.75, 3.05) is 5.32 Å². The van der Waals surface area contributed by atoms with Crippen LogP contribution in [0.3, 0.4) is 0 Å². The monoisotopic (exact) mass is 507 g/mol. The van der Waals surface area contributed by atoms with Crippen molar-refractivity contribution in [3.05, 3.63) is 90.8 Å². The molecule has 27 heavy (non-hydrogen) atoms. The molecule has 5 heteroatoms. The fourth-order valence-corrected chi connectivity index (χ4v) is 4.49. The molecule has 0 aliphatic carbocycles. The van der Waals surface area contributed by atoms with Crippen molar-refractivity contribution in [2.24, 2.45) is 0 Å². The van der Waals surface area contributed by atoms with Crippen LogP contribution in [-0.2, 0) is 13.2 Å². The lowest BCUT2D eigenvalue weighted by Gasteiger charge is -2.17. The van der Waals surface area contributed by atoms with Crippen LogP contribution >= 0.6 is 43.5 Å². The first-order chi connectivity index (χ1) is 12.9. The Morgan fingerprint density at radius 1 is 0.963 bits per heavy atom. The largest absolute Gasteiger partial charge is 0.487 e. The van der Waals surface area contributed by atoms with E-state index >= 15 is 0 Å². The number of ether oxygens (including phenoxy) is 1. The molecule has 1 N–H and O–H groups in total. The predicted molar refractivity (Wildman–Crippen MR) is 121 cm³/mol. The highest BCUT2D eigenvalue weighted by Crippen LogP contribution is 2.34. The molecule has 0 heterocycles. The molecule has 0 fully saturated rings. The summed E-state index contributed by atoms with van der Waals surface area (Å²) in [6, 6.07) is 18.2. The summed E-state index contributed by atoms with van der Waals surface area (Å²) in [6.45, 7) is 5.28. The topological polar surface area (TPSA) is 21.3 Å². The predicted octanol–water partition coefficient (Wildman–Crippen LogP) is 7.67. The van der Waals surface area contributed by atoms with E-state index in [1.54, 1.807) is 0 Å². The van der Waals surface area contributed by atoms with Gasteiger partial charge in [-0.15, -0.1) is 0 Å². The van der Waals surface area contributed by atoms with E-state index in [9.17, 15) is 0 Å². The van der Waals surface area contributed by atoms with Gasteiger partial charge in [-0.25, -0.2) is 0 Å². The molecular weight excluding hydrogens is 490 g/mol. The highest BCUT2D eigenvalue weighted by molar-refractivity contribution is 9.11. The Bertz CT molecular complexity index is 959. The van der Waals surface area contributed by atoms with Gasteiger partial charge in [-0.2, -0.15) is 0 Å². The van der Waals surface area contributed by atoms with Crippen molar-refractivity contribution >= 4 is 49.1 Å². The normalized spacial score (nSPS) is 10.7. The Kier molecular flexibility index (Phi) is 6.85. The van der Waals surface area contributed by atoms with Gasteiger partial charge in [0.25, 0.3) is 0 Å². The molecule has 3 rings (SSSR count). The molecule has 3 aromatic carbocycles. The van der Waals surface area contributed by atoms with Crippen LogP contribution < -0.4 is 10.1 Å². The van der Waals surface area contributed by atoms with Crippen LogP contribution in [-0.4, -0.2) is 0 Å². The van der Waals surface area contributed by atoms with E-state index < -0.39 is 0 Å². The number of aryl methyl sites for hydroxylation is 2. The van der Waals surface area contributed by atoms with Gasteiger partial charge in [-0.1, -0.05) is 63.4 Å². The SMILES string of the molecule is Cc1ccc(NCc2cc(Br)cc(Br)c2OCc2ccccc2Cl)c(C)c1. The lowest BCUT2D eigenvalue weighted by Crippen LogP contribution is -2.06. The summed E-state index contributed by atoms with van der Waals surface area (Å²) in [7, 11) is 0. The molecule has 3 aromatic rings. The quantitative estimate of drug-likeness (QED) is 0.368. The zero-order valence-corrected chi connectivity index (χ0v) is 19.1. The van der Waals surface area contributed by atoms with Gasteiger partial charge in [0, 0.05) is 32.9 Å². The van der Waals surface area contributed by atoms with Crippen LogP contribution in [0.4, 0.5) is 5.69 Å². The molecule has 0 unspecified atom stereocenters. The summed E-state index contributed by atoms with van der Waals surface area (Å²) in [5.74, 6) is 0.815. The summed E-state index contributed by atoms with van der Waals surface area (Å²) >= 11 is 13.5. The second-order valence-electron chi connectivity index (χ2n) is 6.43. The minimum Gasteiger partial charge on any atom is -0.487 e. The second kappa shape index (κ2) is 9.13. The third-order valence-corrected chi connectivity index (χ3v) is 5.68. The molecule has 140 valence electrons. The van der Waals surface area contributed by atoms with Crippen molar-refractivity contribution < 1.29 is 4.74 Å². The van der Waals surface area contributed by atoms with Crippen LogP contribution in [0.1, 0.15) is 22.3 Å². The average Bonchev–Trinajstić information content (AvgIpc) is 2.61. The summed E-state index contributed by atoms with van der Waals surface area (Å²) < 4.78 is 8.04. The van der Waals surface area contributed by atoms with Crippen molar-refractivity contribution in [1.29, 1.82) is 0 Å². The summed E-state index contributed by atoms with van der Waals surface area (Å²) in [4.78, 5) is 0. The number of hydrogen-bond acceptors (Lipinski definition) is 2. The van der Waals surface area contributed by atoms with Crippen molar-refractivity contribution in [2.45, 2.75) is 27.0 Å².